The monoisotopic (exact) mass is 290 g/mol. The van der Waals surface area contributed by atoms with Gasteiger partial charge in [-0.2, -0.15) is 0 Å². The molecule has 0 radical (unpaired) electrons. The van der Waals surface area contributed by atoms with Crippen molar-refractivity contribution < 1.29 is 0 Å². The summed E-state index contributed by atoms with van der Waals surface area (Å²) in [4.78, 5) is 0. The molecule has 3 aromatic rings. The van der Waals surface area contributed by atoms with Crippen LogP contribution in [-0.2, 0) is 12.8 Å². The highest BCUT2D eigenvalue weighted by atomic mass is 35.5. The Balaban J connectivity index is 1.90. The molecule has 0 N–H and O–H groups in total. The lowest BCUT2D eigenvalue weighted by Crippen LogP contribution is -1.85. The van der Waals surface area contributed by atoms with Crippen LogP contribution in [0.4, 0.5) is 0 Å². The molecule has 0 fully saturated rings. The van der Waals surface area contributed by atoms with E-state index >= 15 is 0 Å². The molecular formula is C20H15Cl. The van der Waals surface area contributed by atoms with Gasteiger partial charge in [-0.15, -0.1) is 0 Å². The van der Waals surface area contributed by atoms with Crippen molar-refractivity contribution in [3.05, 3.63) is 82.9 Å². The molecule has 0 heterocycles. The summed E-state index contributed by atoms with van der Waals surface area (Å²) in [7, 11) is 0. The van der Waals surface area contributed by atoms with Crippen LogP contribution < -0.4 is 0 Å². The Morgan fingerprint density at radius 3 is 2.38 bits per heavy atom. The third-order valence-corrected chi connectivity index (χ3v) is 4.54. The van der Waals surface area contributed by atoms with Crippen LogP contribution in [-0.4, -0.2) is 0 Å². The standard InChI is InChI=1S/C20H15Cl/c21-19(13-14-5-2-1-3-6-14)17-12-11-16-10-9-15-7-4-8-18(17)20(15)16/h1-8,11-13H,9-10H2/b19-13+. The quantitative estimate of drug-likeness (QED) is 0.533. The molecule has 21 heavy (non-hydrogen) atoms. The summed E-state index contributed by atoms with van der Waals surface area (Å²) in [5.74, 6) is 0. The topological polar surface area (TPSA) is 0 Å². The summed E-state index contributed by atoms with van der Waals surface area (Å²) in [5, 5.41) is 3.49. The van der Waals surface area contributed by atoms with Gasteiger partial charge in [-0.1, -0.05) is 72.3 Å². The second-order valence-corrected chi connectivity index (χ2v) is 5.92. The largest absolute Gasteiger partial charge is 0.0836 e. The normalized spacial score (nSPS) is 13.9. The van der Waals surface area contributed by atoms with Gasteiger partial charge in [0.2, 0.25) is 0 Å². The molecule has 0 aromatic heterocycles. The van der Waals surface area contributed by atoms with E-state index in [-0.39, 0.29) is 0 Å². The molecule has 0 unspecified atom stereocenters. The zero-order chi connectivity index (χ0) is 14.2. The molecule has 0 atom stereocenters. The zero-order valence-electron chi connectivity index (χ0n) is 11.6. The number of hydrogen-bond acceptors (Lipinski definition) is 0. The summed E-state index contributed by atoms with van der Waals surface area (Å²) < 4.78 is 0. The van der Waals surface area contributed by atoms with E-state index in [1.165, 1.54) is 21.9 Å². The van der Waals surface area contributed by atoms with E-state index < -0.39 is 0 Å². The molecule has 0 bridgehead atoms. The average molecular weight is 291 g/mol. The minimum atomic E-state index is 0.803. The highest BCUT2D eigenvalue weighted by Gasteiger charge is 2.16. The minimum absolute atomic E-state index is 0.803. The van der Waals surface area contributed by atoms with Crippen LogP contribution in [0.3, 0.4) is 0 Å². The number of halogens is 1. The van der Waals surface area contributed by atoms with Crippen LogP contribution in [0.1, 0.15) is 22.3 Å². The Kier molecular flexibility index (Phi) is 3.05. The van der Waals surface area contributed by atoms with Crippen molar-refractivity contribution in [2.75, 3.05) is 0 Å². The van der Waals surface area contributed by atoms with Crippen LogP contribution >= 0.6 is 11.6 Å². The molecular weight excluding hydrogens is 276 g/mol. The third-order valence-electron chi connectivity index (χ3n) is 4.23. The SMILES string of the molecule is Cl/C(=C/c1ccccc1)c1ccc2c3c(cccc13)CC2. The fourth-order valence-electron chi connectivity index (χ4n) is 3.23. The molecule has 0 aliphatic heterocycles. The van der Waals surface area contributed by atoms with Crippen LogP contribution in [0.25, 0.3) is 21.9 Å². The summed E-state index contributed by atoms with van der Waals surface area (Å²) in [6.45, 7) is 0. The number of rotatable bonds is 2. The molecule has 1 aliphatic carbocycles. The fraction of sp³-hybridized carbons (Fsp3) is 0.100. The van der Waals surface area contributed by atoms with E-state index in [1.807, 2.05) is 24.3 Å². The summed E-state index contributed by atoms with van der Waals surface area (Å²) >= 11 is 6.61. The first-order valence-corrected chi connectivity index (χ1v) is 7.67. The lowest BCUT2D eigenvalue weighted by Gasteiger charge is -2.08. The van der Waals surface area contributed by atoms with Crippen molar-refractivity contribution in [3.8, 4) is 0 Å². The minimum Gasteiger partial charge on any atom is -0.0836 e. The van der Waals surface area contributed by atoms with Gasteiger partial charge in [-0.3, -0.25) is 0 Å². The van der Waals surface area contributed by atoms with Gasteiger partial charge in [0.25, 0.3) is 0 Å². The Morgan fingerprint density at radius 1 is 0.810 bits per heavy atom. The summed E-state index contributed by atoms with van der Waals surface area (Å²) in [5.41, 5.74) is 5.16. The lowest BCUT2D eigenvalue weighted by atomic mass is 9.99. The van der Waals surface area contributed by atoms with Gasteiger partial charge in [0.05, 0.1) is 0 Å². The van der Waals surface area contributed by atoms with E-state index in [2.05, 4.69) is 42.5 Å². The maximum absolute atomic E-state index is 6.61. The van der Waals surface area contributed by atoms with E-state index in [9.17, 15) is 0 Å². The van der Waals surface area contributed by atoms with Crippen LogP contribution in [0, 0.1) is 0 Å². The van der Waals surface area contributed by atoms with Crippen LogP contribution in [0.5, 0.6) is 0 Å². The molecule has 0 saturated heterocycles. The number of hydrogen-bond donors (Lipinski definition) is 0. The summed E-state index contributed by atoms with van der Waals surface area (Å²) in [6.07, 6.45) is 4.34. The summed E-state index contributed by atoms with van der Waals surface area (Å²) in [6, 6.07) is 21.2. The Labute approximate surface area is 129 Å². The Morgan fingerprint density at radius 2 is 1.57 bits per heavy atom. The second kappa shape index (κ2) is 5.05. The van der Waals surface area contributed by atoms with E-state index in [1.54, 1.807) is 0 Å². The van der Waals surface area contributed by atoms with Gasteiger partial charge in [0.1, 0.15) is 0 Å². The molecule has 1 heteroatoms. The fourth-order valence-corrected chi connectivity index (χ4v) is 3.52. The van der Waals surface area contributed by atoms with Gasteiger partial charge < -0.3 is 0 Å². The first-order chi connectivity index (χ1) is 10.3. The molecule has 1 aliphatic rings. The highest BCUT2D eigenvalue weighted by molar-refractivity contribution is 6.52. The first kappa shape index (κ1) is 12.7. The predicted molar refractivity (Wildman–Crippen MR) is 91.5 cm³/mol. The number of aryl methyl sites for hydroxylation is 2. The van der Waals surface area contributed by atoms with Gasteiger partial charge in [0, 0.05) is 10.6 Å². The molecule has 0 saturated carbocycles. The van der Waals surface area contributed by atoms with E-state index in [0.717, 1.165) is 29.0 Å². The van der Waals surface area contributed by atoms with Crippen LogP contribution in [0.15, 0.2) is 60.7 Å². The van der Waals surface area contributed by atoms with Crippen molar-refractivity contribution in [2.45, 2.75) is 12.8 Å². The second-order valence-electron chi connectivity index (χ2n) is 5.51. The van der Waals surface area contributed by atoms with Crippen molar-refractivity contribution in [3.63, 3.8) is 0 Å². The van der Waals surface area contributed by atoms with Crippen LogP contribution in [0.2, 0.25) is 0 Å². The van der Waals surface area contributed by atoms with Crippen molar-refractivity contribution in [2.24, 2.45) is 0 Å². The van der Waals surface area contributed by atoms with Crippen molar-refractivity contribution in [1.29, 1.82) is 0 Å². The predicted octanol–water partition coefficient (Wildman–Crippen LogP) is 5.68. The Bertz CT molecular complexity index is 834. The molecule has 0 nitrogen and oxygen atoms in total. The van der Waals surface area contributed by atoms with Crippen molar-refractivity contribution in [1.82, 2.24) is 0 Å². The lowest BCUT2D eigenvalue weighted by molar-refractivity contribution is 1.02. The first-order valence-electron chi connectivity index (χ1n) is 7.29. The third kappa shape index (κ3) is 2.16. The average Bonchev–Trinajstić information content (AvgIpc) is 2.94. The molecule has 0 amide bonds. The smallest absolute Gasteiger partial charge is 0.0490 e. The maximum Gasteiger partial charge on any atom is 0.0490 e. The van der Waals surface area contributed by atoms with E-state index in [4.69, 9.17) is 11.6 Å². The molecule has 0 spiro atoms. The molecule has 102 valence electrons. The van der Waals surface area contributed by atoms with Gasteiger partial charge >= 0.3 is 0 Å². The Hall–Kier alpha value is -2.05. The highest BCUT2D eigenvalue weighted by Crippen LogP contribution is 2.36. The molecule has 3 aromatic carbocycles. The van der Waals surface area contributed by atoms with Gasteiger partial charge in [-0.05, 0) is 46.4 Å². The van der Waals surface area contributed by atoms with Crippen molar-refractivity contribution >= 4 is 33.5 Å². The maximum atomic E-state index is 6.61. The van der Waals surface area contributed by atoms with Gasteiger partial charge in [0.15, 0.2) is 0 Å². The molecule has 4 rings (SSSR count). The zero-order valence-corrected chi connectivity index (χ0v) is 12.4. The number of benzene rings is 3. The van der Waals surface area contributed by atoms with E-state index in [0.29, 0.717) is 0 Å². The van der Waals surface area contributed by atoms with Gasteiger partial charge in [-0.25, -0.2) is 0 Å².